The third kappa shape index (κ3) is 3.46. The van der Waals surface area contributed by atoms with Crippen LogP contribution in [0.3, 0.4) is 0 Å². The minimum atomic E-state index is -0.607. The van der Waals surface area contributed by atoms with Crippen LogP contribution in [0.25, 0.3) is 11.0 Å². The Morgan fingerprint density at radius 3 is 2.71 bits per heavy atom. The van der Waals surface area contributed by atoms with Crippen molar-refractivity contribution in [3.8, 4) is 0 Å². The van der Waals surface area contributed by atoms with E-state index in [1.807, 2.05) is 24.3 Å². The van der Waals surface area contributed by atoms with Crippen LogP contribution in [0.4, 0.5) is 11.4 Å². The van der Waals surface area contributed by atoms with Gasteiger partial charge in [0, 0.05) is 17.2 Å². The first-order valence-corrected chi connectivity index (χ1v) is 10.9. The smallest absolute Gasteiger partial charge is 0.198 e. The molecule has 0 radical (unpaired) electrons. The first-order chi connectivity index (χ1) is 14.7. The van der Waals surface area contributed by atoms with Crippen molar-refractivity contribution in [2.24, 2.45) is 16.3 Å². The monoisotopic (exact) mass is 454 g/mol. The Kier molecular flexibility index (Phi) is 4.72. The van der Waals surface area contributed by atoms with Gasteiger partial charge >= 0.3 is 0 Å². The number of hydrogen-bond donors (Lipinski definition) is 1. The fraction of sp³-hybridized carbons (Fsp3) is 0.292. The van der Waals surface area contributed by atoms with Crippen LogP contribution in [-0.4, -0.2) is 11.5 Å². The summed E-state index contributed by atoms with van der Waals surface area (Å²) < 4.78 is 5.77. The van der Waals surface area contributed by atoms with Gasteiger partial charge in [-0.05, 0) is 36.1 Å². The number of ketones is 1. The van der Waals surface area contributed by atoms with Gasteiger partial charge in [-0.3, -0.25) is 14.6 Å². The third-order valence-corrected chi connectivity index (χ3v) is 6.48. The highest BCUT2D eigenvalue weighted by Crippen LogP contribution is 2.44. The van der Waals surface area contributed by atoms with Crippen molar-refractivity contribution < 1.29 is 9.21 Å². The quantitative estimate of drug-likeness (QED) is 0.465. The van der Waals surface area contributed by atoms with Crippen LogP contribution in [0.5, 0.6) is 0 Å². The summed E-state index contributed by atoms with van der Waals surface area (Å²) in [6, 6.07) is 10.1. The van der Waals surface area contributed by atoms with E-state index in [1.165, 1.54) is 12.3 Å². The Bertz CT molecular complexity index is 1330. The second-order valence-electron chi connectivity index (χ2n) is 8.99. The van der Waals surface area contributed by atoms with Crippen LogP contribution in [0.2, 0.25) is 10.0 Å². The van der Waals surface area contributed by atoms with Gasteiger partial charge in [0.15, 0.2) is 11.0 Å². The summed E-state index contributed by atoms with van der Waals surface area (Å²) in [4.78, 5) is 31.7. The molecule has 7 heteroatoms. The van der Waals surface area contributed by atoms with Crippen LogP contribution in [0.15, 0.2) is 56.9 Å². The second-order valence-corrected chi connectivity index (χ2v) is 9.83. The molecule has 1 saturated carbocycles. The molecule has 5 rings (SSSR count). The van der Waals surface area contributed by atoms with E-state index in [9.17, 15) is 9.59 Å². The van der Waals surface area contributed by atoms with E-state index in [0.29, 0.717) is 23.4 Å². The van der Waals surface area contributed by atoms with Gasteiger partial charge in [-0.15, -0.1) is 0 Å². The summed E-state index contributed by atoms with van der Waals surface area (Å²) in [5.41, 5.74) is 2.49. The molecular weight excluding hydrogens is 435 g/mol. The van der Waals surface area contributed by atoms with E-state index < -0.39 is 12.0 Å². The summed E-state index contributed by atoms with van der Waals surface area (Å²) in [6.45, 7) is 4.13. The fourth-order valence-corrected chi connectivity index (χ4v) is 5.21. The van der Waals surface area contributed by atoms with Gasteiger partial charge in [-0.2, -0.15) is 0 Å². The highest BCUT2D eigenvalue weighted by atomic mass is 35.5. The van der Waals surface area contributed by atoms with E-state index in [0.717, 1.165) is 17.1 Å². The Balaban J connectivity index is 1.73. The average Bonchev–Trinajstić information content (AvgIpc) is 2.84. The van der Waals surface area contributed by atoms with Crippen molar-refractivity contribution in [3.05, 3.63) is 68.5 Å². The molecule has 2 unspecified atom stereocenters. The lowest BCUT2D eigenvalue weighted by Gasteiger charge is -2.37. The predicted molar refractivity (Wildman–Crippen MR) is 124 cm³/mol. The Hall–Kier alpha value is -2.63. The molecule has 2 aromatic carbocycles. The number of fused-ring (bicyclic) bond motifs is 3. The van der Waals surface area contributed by atoms with Crippen LogP contribution >= 0.6 is 23.2 Å². The lowest BCUT2D eigenvalue weighted by atomic mass is 9.68. The largest absolute Gasteiger partial charge is 0.462 e. The van der Waals surface area contributed by atoms with Crippen molar-refractivity contribution in [1.29, 1.82) is 0 Å². The Morgan fingerprint density at radius 1 is 1.13 bits per heavy atom. The molecule has 1 aliphatic carbocycles. The summed E-state index contributed by atoms with van der Waals surface area (Å²) in [5, 5.41) is 4.31. The highest BCUT2D eigenvalue weighted by molar-refractivity contribution is 6.38. The number of carbonyl (C=O) groups excluding carboxylic acids is 1. The SMILES string of the molecule is CC1(C)CC(=O)C2C(=Nc3ccccc3NC2c2coc3c(Cl)cc(Cl)cc3c2=O)C1. The Morgan fingerprint density at radius 2 is 1.90 bits per heavy atom. The number of Topliss-reactive ketones (excluding diaryl/α,β-unsaturated/α-hetero) is 1. The van der Waals surface area contributed by atoms with Crippen LogP contribution < -0.4 is 10.7 Å². The molecule has 2 atom stereocenters. The zero-order chi connectivity index (χ0) is 21.9. The van der Waals surface area contributed by atoms with Crippen LogP contribution in [0, 0.1) is 11.3 Å². The number of halogens is 2. The molecule has 2 heterocycles. The maximum atomic E-state index is 13.5. The number of anilines is 1. The minimum absolute atomic E-state index is 0.0592. The van der Waals surface area contributed by atoms with E-state index in [4.69, 9.17) is 32.6 Å². The average molecular weight is 455 g/mol. The van der Waals surface area contributed by atoms with Crippen molar-refractivity contribution >= 4 is 57.0 Å². The fourth-order valence-electron chi connectivity index (χ4n) is 4.67. The molecule has 1 aromatic heterocycles. The minimum Gasteiger partial charge on any atom is -0.462 e. The van der Waals surface area contributed by atoms with E-state index >= 15 is 0 Å². The van der Waals surface area contributed by atoms with Gasteiger partial charge < -0.3 is 9.73 Å². The Labute approximate surface area is 189 Å². The molecule has 1 N–H and O–H groups in total. The summed E-state index contributed by atoms with van der Waals surface area (Å²) in [7, 11) is 0. The first kappa shape index (κ1) is 20.3. The van der Waals surface area contributed by atoms with Gasteiger partial charge in [0.05, 0.1) is 39.3 Å². The van der Waals surface area contributed by atoms with Gasteiger partial charge in [-0.1, -0.05) is 49.2 Å². The maximum Gasteiger partial charge on any atom is 0.198 e. The molecule has 2 aliphatic rings. The highest BCUT2D eigenvalue weighted by Gasteiger charge is 2.44. The number of benzene rings is 2. The van der Waals surface area contributed by atoms with E-state index in [1.54, 1.807) is 6.07 Å². The number of rotatable bonds is 1. The maximum absolute atomic E-state index is 13.5. The number of nitrogens with one attached hydrogen (secondary N) is 1. The van der Waals surface area contributed by atoms with Crippen LogP contribution in [0.1, 0.15) is 38.3 Å². The first-order valence-electron chi connectivity index (χ1n) is 10.1. The lowest BCUT2D eigenvalue weighted by Crippen LogP contribution is -2.43. The topological polar surface area (TPSA) is 71.7 Å². The van der Waals surface area contributed by atoms with Gasteiger partial charge in [-0.25, -0.2) is 0 Å². The van der Waals surface area contributed by atoms with Crippen LogP contribution in [-0.2, 0) is 4.79 Å². The number of nitrogens with zero attached hydrogens (tertiary/aromatic N) is 1. The normalized spacial score (nSPS) is 22.2. The standard InChI is InChI=1S/C24H20Cl2N2O3/c1-24(2)9-18-20(19(29)10-24)21(28-17-6-4-3-5-16(17)27-18)14-11-31-23-13(22(14)30)7-12(25)8-15(23)26/h3-8,11,20-21,28H,9-10H2,1-2H3. The van der Waals surface area contributed by atoms with Gasteiger partial charge in [0.25, 0.3) is 0 Å². The van der Waals surface area contributed by atoms with Crippen molar-refractivity contribution in [1.82, 2.24) is 0 Å². The molecular formula is C24H20Cl2N2O3. The van der Waals surface area contributed by atoms with Gasteiger partial charge in [0.2, 0.25) is 0 Å². The van der Waals surface area contributed by atoms with E-state index in [-0.39, 0.29) is 32.6 Å². The number of aliphatic imine (C=N–C) groups is 1. The second kappa shape index (κ2) is 7.21. The molecule has 158 valence electrons. The number of para-hydroxylation sites is 2. The van der Waals surface area contributed by atoms with Crippen molar-refractivity contribution in [2.75, 3.05) is 5.32 Å². The zero-order valence-electron chi connectivity index (χ0n) is 17.0. The van der Waals surface area contributed by atoms with Crippen molar-refractivity contribution in [3.63, 3.8) is 0 Å². The molecule has 0 amide bonds. The molecule has 1 aliphatic heterocycles. The number of hydrogen-bond acceptors (Lipinski definition) is 5. The zero-order valence-corrected chi connectivity index (χ0v) is 18.6. The molecule has 3 aromatic rings. The van der Waals surface area contributed by atoms with Crippen molar-refractivity contribution in [2.45, 2.75) is 32.7 Å². The van der Waals surface area contributed by atoms with Gasteiger partial charge in [0.1, 0.15) is 12.0 Å². The summed E-state index contributed by atoms with van der Waals surface area (Å²) >= 11 is 12.4. The predicted octanol–water partition coefficient (Wildman–Crippen LogP) is 6.34. The molecule has 1 fully saturated rings. The molecule has 31 heavy (non-hydrogen) atoms. The summed E-state index contributed by atoms with van der Waals surface area (Å²) in [5.74, 6) is -0.501. The molecule has 5 nitrogen and oxygen atoms in total. The van der Waals surface area contributed by atoms with E-state index in [2.05, 4.69) is 19.2 Å². The third-order valence-electron chi connectivity index (χ3n) is 5.98. The molecule has 0 spiro atoms. The molecule has 0 saturated heterocycles. The molecule has 0 bridgehead atoms. The summed E-state index contributed by atoms with van der Waals surface area (Å²) in [6.07, 6.45) is 2.50. The lowest BCUT2D eigenvalue weighted by molar-refractivity contribution is -0.124. The number of carbonyl (C=O) groups is 1.